The smallest absolute Gasteiger partial charge is 0.242 e. The van der Waals surface area contributed by atoms with E-state index in [4.69, 9.17) is 0 Å². The van der Waals surface area contributed by atoms with Crippen LogP contribution in [0.1, 0.15) is 50.3 Å². The lowest BCUT2D eigenvalue weighted by molar-refractivity contribution is -0.140. The first-order valence-electron chi connectivity index (χ1n) is 10.2. The van der Waals surface area contributed by atoms with Gasteiger partial charge in [0.15, 0.2) is 0 Å². The Hall–Kier alpha value is -2.14. The molecular formula is C24H31BrN2O2. The highest BCUT2D eigenvalue weighted by Crippen LogP contribution is 2.16. The van der Waals surface area contributed by atoms with Gasteiger partial charge >= 0.3 is 0 Å². The van der Waals surface area contributed by atoms with Gasteiger partial charge in [0, 0.05) is 23.5 Å². The van der Waals surface area contributed by atoms with E-state index in [1.807, 2.05) is 45.0 Å². The minimum atomic E-state index is -0.529. The van der Waals surface area contributed by atoms with Crippen LogP contribution in [0.15, 0.2) is 53.0 Å². The van der Waals surface area contributed by atoms with E-state index in [0.29, 0.717) is 19.4 Å². The van der Waals surface area contributed by atoms with Crippen LogP contribution in [0.3, 0.4) is 0 Å². The third-order valence-electron chi connectivity index (χ3n) is 5.18. The predicted octanol–water partition coefficient (Wildman–Crippen LogP) is 5.02. The van der Waals surface area contributed by atoms with Crippen molar-refractivity contribution in [3.63, 3.8) is 0 Å². The number of nitrogens with zero attached hydrogens (tertiary/aromatic N) is 1. The third kappa shape index (κ3) is 7.32. The fourth-order valence-corrected chi connectivity index (χ4v) is 3.25. The van der Waals surface area contributed by atoms with E-state index >= 15 is 0 Å². The van der Waals surface area contributed by atoms with Gasteiger partial charge in [-0.2, -0.15) is 0 Å². The van der Waals surface area contributed by atoms with Gasteiger partial charge in [-0.25, -0.2) is 0 Å². The molecule has 0 spiro atoms. The standard InChI is InChI=1S/C24H31BrN2O2/c1-5-18(3)26-24(29)19(4)27(16-21-10-13-22(25)14-11-21)23(28)15-12-20-8-6-17(2)7-9-20/h6-11,13-14,18-19H,5,12,15-16H2,1-4H3,(H,26,29)/t18-,19+/m1/s1. The molecule has 5 heteroatoms. The molecule has 0 aromatic heterocycles. The Bertz CT molecular complexity index is 803. The summed E-state index contributed by atoms with van der Waals surface area (Å²) < 4.78 is 0.987. The number of aryl methyl sites for hydroxylation is 2. The van der Waals surface area contributed by atoms with Crippen LogP contribution in [0, 0.1) is 6.92 Å². The summed E-state index contributed by atoms with van der Waals surface area (Å²) >= 11 is 3.44. The van der Waals surface area contributed by atoms with Crippen LogP contribution < -0.4 is 5.32 Å². The van der Waals surface area contributed by atoms with Gasteiger partial charge in [-0.15, -0.1) is 0 Å². The maximum absolute atomic E-state index is 13.1. The van der Waals surface area contributed by atoms with Gasteiger partial charge in [0.2, 0.25) is 11.8 Å². The Morgan fingerprint density at radius 2 is 1.59 bits per heavy atom. The fraction of sp³-hybridized carbons (Fsp3) is 0.417. The van der Waals surface area contributed by atoms with Gasteiger partial charge < -0.3 is 10.2 Å². The third-order valence-corrected chi connectivity index (χ3v) is 5.71. The highest BCUT2D eigenvalue weighted by molar-refractivity contribution is 9.10. The lowest BCUT2D eigenvalue weighted by atomic mass is 10.1. The molecule has 2 aromatic rings. The van der Waals surface area contributed by atoms with E-state index in [0.717, 1.165) is 22.0 Å². The van der Waals surface area contributed by atoms with Crippen molar-refractivity contribution in [3.05, 3.63) is 69.7 Å². The zero-order chi connectivity index (χ0) is 21.4. The van der Waals surface area contributed by atoms with E-state index in [9.17, 15) is 9.59 Å². The van der Waals surface area contributed by atoms with E-state index in [2.05, 4.69) is 45.5 Å². The molecule has 156 valence electrons. The number of carbonyl (C=O) groups is 2. The summed E-state index contributed by atoms with van der Waals surface area (Å²) in [5.74, 6) is -0.125. The number of halogens is 1. The molecule has 0 bridgehead atoms. The molecule has 2 rings (SSSR count). The van der Waals surface area contributed by atoms with Crippen LogP contribution in [-0.2, 0) is 22.6 Å². The molecule has 2 atom stereocenters. The van der Waals surface area contributed by atoms with E-state index in [1.54, 1.807) is 11.8 Å². The van der Waals surface area contributed by atoms with Crippen LogP contribution in [0.25, 0.3) is 0 Å². The molecule has 0 aliphatic heterocycles. The van der Waals surface area contributed by atoms with Crippen molar-refractivity contribution >= 4 is 27.7 Å². The summed E-state index contributed by atoms with van der Waals surface area (Å²) in [7, 11) is 0. The summed E-state index contributed by atoms with van der Waals surface area (Å²) in [5.41, 5.74) is 3.33. The van der Waals surface area contributed by atoms with Gasteiger partial charge in [0.05, 0.1) is 0 Å². The lowest BCUT2D eigenvalue weighted by Crippen LogP contribution is -2.49. The van der Waals surface area contributed by atoms with E-state index in [-0.39, 0.29) is 17.9 Å². The maximum atomic E-state index is 13.1. The van der Waals surface area contributed by atoms with Crippen LogP contribution in [-0.4, -0.2) is 28.8 Å². The molecule has 0 fully saturated rings. The molecule has 4 nitrogen and oxygen atoms in total. The van der Waals surface area contributed by atoms with Gasteiger partial charge in [0.25, 0.3) is 0 Å². The Labute approximate surface area is 182 Å². The number of hydrogen-bond donors (Lipinski definition) is 1. The Balaban J connectivity index is 2.13. The molecule has 0 aliphatic carbocycles. The van der Waals surface area contributed by atoms with Crippen LogP contribution in [0.5, 0.6) is 0 Å². The van der Waals surface area contributed by atoms with Crippen molar-refractivity contribution in [2.75, 3.05) is 0 Å². The maximum Gasteiger partial charge on any atom is 0.242 e. The SMILES string of the molecule is CC[C@@H](C)NC(=O)[C@H](C)N(Cc1ccc(Br)cc1)C(=O)CCc1ccc(C)cc1. The second-order valence-corrected chi connectivity index (χ2v) is 8.54. The molecule has 1 N–H and O–H groups in total. The molecule has 0 unspecified atom stereocenters. The summed E-state index contributed by atoms with van der Waals surface area (Å²) in [6.45, 7) is 8.27. The quantitative estimate of drug-likeness (QED) is 0.573. The highest BCUT2D eigenvalue weighted by atomic mass is 79.9. The summed E-state index contributed by atoms with van der Waals surface area (Å²) in [4.78, 5) is 27.5. The van der Waals surface area contributed by atoms with E-state index < -0.39 is 6.04 Å². The second-order valence-electron chi connectivity index (χ2n) is 7.63. The van der Waals surface area contributed by atoms with Crippen molar-refractivity contribution in [1.29, 1.82) is 0 Å². The Morgan fingerprint density at radius 3 is 2.17 bits per heavy atom. The zero-order valence-electron chi connectivity index (χ0n) is 17.7. The molecule has 0 saturated carbocycles. The molecule has 0 saturated heterocycles. The average molecular weight is 459 g/mol. The first-order valence-corrected chi connectivity index (χ1v) is 11.0. The van der Waals surface area contributed by atoms with Gasteiger partial charge in [0.1, 0.15) is 6.04 Å². The zero-order valence-corrected chi connectivity index (χ0v) is 19.3. The van der Waals surface area contributed by atoms with Crippen molar-refractivity contribution in [1.82, 2.24) is 10.2 Å². The number of rotatable bonds is 9. The molecule has 29 heavy (non-hydrogen) atoms. The van der Waals surface area contributed by atoms with Crippen molar-refractivity contribution in [2.45, 2.75) is 65.6 Å². The topological polar surface area (TPSA) is 49.4 Å². The molecule has 2 amide bonds. The molecule has 2 aromatic carbocycles. The van der Waals surface area contributed by atoms with Gasteiger partial charge in [-0.3, -0.25) is 9.59 Å². The summed E-state index contributed by atoms with van der Waals surface area (Å²) in [6.07, 6.45) is 1.89. The molecular weight excluding hydrogens is 428 g/mol. The van der Waals surface area contributed by atoms with E-state index in [1.165, 1.54) is 5.56 Å². The largest absolute Gasteiger partial charge is 0.352 e. The second kappa shape index (κ2) is 11.1. The predicted molar refractivity (Wildman–Crippen MR) is 122 cm³/mol. The number of benzene rings is 2. The summed E-state index contributed by atoms with van der Waals surface area (Å²) in [5, 5.41) is 3.00. The Kier molecular flexibility index (Phi) is 8.90. The van der Waals surface area contributed by atoms with Crippen LogP contribution in [0.2, 0.25) is 0 Å². The van der Waals surface area contributed by atoms with Crippen molar-refractivity contribution in [3.8, 4) is 0 Å². The number of amides is 2. The normalized spacial score (nSPS) is 12.9. The van der Waals surface area contributed by atoms with Crippen molar-refractivity contribution in [2.24, 2.45) is 0 Å². The minimum Gasteiger partial charge on any atom is -0.352 e. The van der Waals surface area contributed by atoms with Crippen molar-refractivity contribution < 1.29 is 9.59 Å². The minimum absolute atomic E-state index is 0.0136. The van der Waals surface area contributed by atoms with Gasteiger partial charge in [-0.05, 0) is 56.9 Å². The molecule has 0 aliphatic rings. The van der Waals surface area contributed by atoms with Crippen LogP contribution >= 0.6 is 15.9 Å². The first-order chi connectivity index (χ1) is 13.8. The molecule has 0 heterocycles. The Morgan fingerprint density at radius 1 is 1.00 bits per heavy atom. The number of nitrogens with one attached hydrogen (secondary N) is 1. The fourth-order valence-electron chi connectivity index (χ4n) is 2.98. The number of carbonyl (C=O) groups excluding carboxylic acids is 2. The highest BCUT2D eigenvalue weighted by Gasteiger charge is 2.26. The molecule has 0 radical (unpaired) electrons. The first kappa shape index (κ1) is 23.1. The average Bonchev–Trinajstić information content (AvgIpc) is 2.72. The summed E-state index contributed by atoms with van der Waals surface area (Å²) in [6, 6.07) is 15.6. The van der Waals surface area contributed by atoms with Crippen LogP contribution in [0.4, 0.5) is 0 Å². The monoisotopic (exact) mass is 458 g/mol. The lowest BCUT2D eigenvalue weighted by Gasteiger charge is -2.30. The number of hydrogen-bond acceptors (Lipinski definition) is 2. The van der Waals surface area contributed by atoms with Gasteiger partial charge in [-0.1, -0.05) is 64.8 Å².